The largest absolute Gasteiger partial charge is 0.384 e. The number of nitrogens with zero attached hydrogens (tertiary/aromatic N) is 4. The first-order valence-electron chi connectivity index (χ1n) is 5.79. The van der Waals surface area contributed by atoms with Gasteiger partial charge in [-0.1, -0.05) is 30.3 Å². The fraction of sp³-hybridized carbons (Fsp3) is 0. The number of benzene rings is 1. The second-order valence-electron chi connectivity index (χ2n) is 3.96. The maximum atomic E-state index is 5.83. The Morgan fingerprint density at radius 1 is 0.895 bits per heavy atom. The molecule has 1 aromatic carbocycles. The van der Waals surface area contributed by atoms with Crippen LogP contribution in [0.2, 0.25) is 0 Å². The van der Waals surface area contributed by atoms with Crippen molar-refractivity contribution in [3.8, 4) is 22.8 Å². The molecule has 0 saturated heterocycles. The molecular formula is C14H11N5. The van der Waals surface area contributed by atoms with Gasteiger partial charge in [0.15, 0.2) is 5.82 Å². The van der Waals surface area contributed by atoms with E-state index in [2.05, 4.69) is 19.9 Å². The van der Waals surface area contributed by atoms with Crippen molar-refractivity contribution in [2.24, 2.45) is 0 Å². The van der Waals surface area contributed by atoms with Gasteiger partial charge in [0.05, 0.1) is 11.9 Å². The highest BCUT2D eigenvalue weighted by Crippen LogP contribution is 2.21. The SMILES string of the molecule is Nc1cc(-c2cnccn2)nc(-c2ccccc2)n1. The molecule has 0 aliphatic carbocycles. The molecule has 3 aromatic rings. The van der Waals surface area contributed by atoms with E-state index in [4.69, 9.17) is 5.73 Å². The zero-order valence-electron chi connectivity index (χ0n) is 10.1. The molecule has 19 heavy (non-hydrogen) atoms. The van der Waals surface area contributed by atoms with Crippen molar-refractivity contribution in [3.05, 3.63) is 55.0 Å². The van der Waals surface area contributed by atoms with Crippen LogP contribution in [-0.2, 0) is 0 Å². The van der Waals surface area contributed by atoms with Crippen LogP contribution >= 0.6 is 0 Å². The average Bonchev–Trinajstić information content (AvgIpc) is 2.48. The van der Waals surface area contributed by atoms with E-state index in [0.717, 1.165) is 5.56 Å². The van der Waals surface area contributed by atoms with Gasteiger partial charge in [-0.3, -0.25) is 9.97 Å². The molecule has 0 radical (unpaired) electrons. The summed E-state index contributed by atoms with van der Waals surface area (Å²) in [7, 11) is 0. The zero-order valence-corrected chi connectivity index (χ0v) is 10.1. The number of aromatic nitrogens is 4. The molecule has 3 rings (SSSR count). The topological polar surface area (TPSA) is 77.6 Å². The minimum Gasteiger partial charge on any atom is -0.384 e. The van der Waals surface area contributed by atoms with Crippen LogP contribution in [0.5, 0.6) is 0 Å². The highest BCUT2D eigenvalue weighted by atomic mass is 15.0. The van der Waals surface area contributed by atoms with Crippen LogP contribution in [0, 0.1) is 0 Å². The summed E-state index contributed by atoms with van der Waals surface area (Å²) in [6.45, 7) is 0. The molecule has 0 amide bonds. The fourth-order valence-corrected chi connectivity index (χ4v) is 1.74. The Balaban J connectivity index is 2.12. The Kier molecular flexibility index (Phi) is 2.86. The minimum absolute atomic E-state index is 0.412. The summed E-state index contributed by atoms with van der Waals surface area (Å²) in [6, 6.07) is 11.4. The third kappa shape index (κ3) is 2.40. The average molecular weight is 249 g/mol. The number of hydrogen-bond acceptors (Lipinski definition) is 5. The van der Waals surface area contributed by atoms with Crippen LogP contribution in [0.3, 0.4) is 0 Å². The first-order valence-corrected chi connectivity index (χ1v) is 5.79. The van der Waals surface area contributed by atoms with Crippen LogP contribution in [0.15, 0.2) is 55.0 Å². The molecule has 2 aromatic heterocycles. The Morgan fingerprint density at radius 2 is 1.74 bits per heavy atom. The number of nitrogen functional groups attached to an aromatic ring is 1. The molecule has 0 saturated carbocycles. The van der Waals surface area contributed by atoms with Gasteiger partial charge in [-0.25, -0.2) is 9.97 Å². The summed E-state index contributed by atoms with van der Waals surface area (Å²) >= 11 is 0. The highest BCUT2D eigenvalue weighted by Gasteiger charge is 2.07. The number of hydrogen-bond donors (Lipinski definition) is 1. The smallest absolute Gasteiger partial charge is 0.162 e. The summed E-state index contributed by atoms with van der Waals surface area (Å²) in [5.74, 6) is 0.996. The van der Waals surface area contributed by atoms with Gasteiger partial charge in [-0.15, -0.1) is 0 Å². The van der Waals surface area contributed by atoms with E-state index in [9.17, 15) is 0 Å². The summed E-state index contributed by atoms with van der Waals surface area (Å²) in [6.07, 6.45) is 4.89. The molecule has 2 N–H and O–H groups in total. The molecule has 0 aliphatic heterocycles. The standard InChI is InChI=1S/C14H11N5/c15-13-8-11(12-9-16-6-7-17-12)18-14(19-13)10-4-2-1-3-5-10/h1-9H,(H2,15,18,19). The van der Waals surface area contributed by atoms with Crippen molar-refractivity contribution in [3.63, 3.8) is 0 Å². The molecule has 0 fully saturated rings. The predicted molar refractivity (Wildman–Crippen MR) is 72.9 cm³/mol. The molecule has 92 valence electrons. The lowest BCUT2D eigenvalue weighted by Crippen LogP contribution is -1.98. The second kappa shape index (κ2) is 4.81. The van der Waals surface area contributed by atoms with Gasteiger partial charge in [0.2, 0.25) is 0 Å². The summed E-state index contributed by atoms with van der Waals surface area (Å²) in [5.41, 5.74) is 8.09. The van der Waals surface area contributed by atoms with Crippen LogP contribution in [-0.4, -0.2) is 19.9 Å². The van der Waals surface area contributed by atoms with Gasteiger partial charge < -0.3 is 5.73 Å². The van der Waals surface area contributed by atoms with E-state index in [-0.39, 0.29) is 0 Å². The van der Waals surface area contributed by atoms with Crippen molar-refractivity contribution in [1.29, 1.82) is 0 Å². The van der Waals surface area contributed by atoms with Crippen LogP contribution in [0.25, 0.3) is 22.8 Å². The van der Waals surface area contributed by atoms with Crippen LogP contribution in [0.4, 0.5) is 5.82 Å². The second-order valence-corrected chi connectivity index (χ2v) is 3.96. The number of nitrogens with two attached hydrogens (primary N) is 1. The lowest BCUT2D eigenvalue weighted by atomic mass is 10.2. The molecule has 0 spiro atoms. The summed E-state index contributed by atoms with van der Waals surface area (Å²) in [4.78, 5) is 17.0. The molecule has 5 heteroatoms. The van der Waals surface area contributed by atoms with E-state index in [1.54, 1.807) is 24.7 Å². The van der Waals surface area contributed by atoms with Gasteiger partial charge in [0, 0.05) is 24.0 Å². The van der Waals surface area contributed by atoms with E-state index < -0.39 is 0 Å². The van der Waals surface area contributed by atoms with Crippen molar-refractivity contribution in [2.75, 3.05) is 5.73 Å². The summed E-state index contributed by atoms with van der Waals surface area (Å²) in [5, 5.41) is 0. The minimum atomic E-state index is 0.412. The zero-order chi connectivity index (χ0) is 13.1. The van der Waals surface area contributed by atoms with Crippen molar-refractivity contribution in [1.82, 2.24) is 19.9 Å². The Morgan fingerprint density at radius 3 is 2.47 bits per heavy atom. The normalized spacial score (nSPS) is 10.3. The van der Waals surface area contributed by atoms with E-state index in [1.807, 2.05) is 30.3 Å². The molecule has 0 aliphatic rings. The Hall–Kier alpha value is -2.82. The molecule has 0 atom stereocenters. The van der Waals surface area contributed by atoms with Gasteiger partial charge >= 0.3 is 0 Å². The maximum Gasteiger partial charge on any atom is 0.162 e. The van der Waals surface area contributed by atoms with E-state index in [1.165, 1.54) is 0 Å². The lowest BCUT2D eigenvalue weighted by molar-refractivity contribution is 1.14. The quantitative estimate of drug-likeness (QED) is 0.753. The number of anilines is 1. The Labute approximate surface area is 110 Å². The van der Waals surface area contributed by atoms with E-state index >= 15 is 0 Å². The molecular weight excluding hydrogens is 238 g/mol. The van der Waals surface area contributed by atoms with Crippen molar-refractivity contribution >= 4 is 5.82 Å². The van der Waals surface area contributed by atoms with Gasteiger partial charge in [0.25, 0.3) is 0 Å². The fourth-order valence-electron chi connectivity index (χ4n) is 1.74. The maximum absolute atomic E-state index is 5.83. The molecule has 5 nitrogen and oxygen atoms in total. The van der Waals surface area contributed by atoms with Gasteiger partial charge in [-0.05, 0) is 0 Å². The van der Waals surface area contributed by atoms with Crippen molar-refractivity contribution < 1.29 is 0 Å². The van der Waals surface area contributed by atoms with E-state index in [0.29, 0.717) is 23.0 Å². The monoisotopic (exact) mass is 249 g/mol. The lowest BCUT2D eigenvalue weighted by Gasteiger charge is -2.05. The highest BCUT2D eigenvalue weighted by molar-refractivity contribution is 5.63. The predicted octanol–water partition coefficient (Wildman–Crippen LogP) is 2.18. The molecule has 2 heterocycles. The van der Waals surface area contributed by atoms with Gasteiger partial charge in [-0.2, -0.15) is 0 Å². The van der Waals surface area contributed by atoms with Crippen molar-refractivity contribution in [2.45, 2.75) is 0 Å². The molecule has 0 unspecified atom stereocenters. The summed E-state index contributed by atoms with van der Waals surface area (Å²) < 4.78 is 0. The Bertz CT molecular complexity index is 625. The molecule has 0 bridgehead atoms. The first-order chi connectivity index (χ1) is 9.33. The third-order valence-electron chi connectivity index (χ3n) is 2.60. The van der Waals surface area contributed by atoms with Crippen LogP contribution in [0.1, 0.15) is 0 Å². The number of rotatable bonds is 2. The first kappa shape index (κ1) is 11.3. The third-order valence-corrected chi connectivity index (χ3v) is 2.60. The van der Waals surface area contributed by atoms with Gasteiger partial charge in [0.1, 0.15) is 11.5 Å². The van der Waals surface area contributed by atoms with Crippen LogP contribution < -0.4 is 5.73 Å².